The largest absolute Gasteiger partial charge is 0.485 e. The van der Waals surface area contributed by atoms with E-state index in [9.17, 15) is 18.7 Å². The molecule has 4 aromatic rings. The lowest BCUT2D eigenvalue weighted by atomic mass is 10.1. The molecular formula is C23H21ClF2N6O3. The van der Waals surface area contributed by atoms with Crippen LogP contribution in [0.3, 0.4) is 0 Å². The van der Waals surface area contributed by atoms with Crippen molar-refractivity contribution < 1.29 is 18.6 Å². The van der Waals surface area contributed by atoms with Gasteiger partial charge in [0.15, 0.2) is 17.5 Å². The Kier molecular flexibility index (Phi) is 6.39. The van der Waals surface area contributed by atoms with Gasteiger partial charge in [0.25, 0.3) is 5.56 Å². The van der Waals surface area contributed by atoms with Crippen molar-refractivity contribution in [3.8, 4) is 17.3 Å². The standard InChI is InChI=1S/C23H21ClF2N6O3/c1-12-8-28-19(31-11-29-22(30-31)23(3,4)34)7-17(12)32-13(2)5-18(20(24)21(32)33)35-10-16-15(26)6-14(25)9-27-16/h5-9,11,34H,10H2,1-4H3. The van der Waals surface area contributed by atoms with Gasteiger partial charge >= 0.3 is 0 Å². The van der Waals surface area contributed by atoms with E-state index in [4.69, 9.17) is 16.3 Å². The molecule has 4 aromatic heterocycles. The van der Waals surface area contributed by atoms with Crippen molar-refractivity contribution >= 4 is 11.6 Å². The Balaban J connectivity index is 1.70. The maximum atomic E-state index is 13.9. The fraction of sp³-hybridized carbons (Fsp3) is 0.261. The van der Waals surface area contributed by atoms with Crippen molar-refractivity contribution in [3.05, 3.63) is 86.7 Å². The van der Waals surface area contributed by atoms with Gasteiger partial charge in [0.05, 0.1) is 11.9 Å². The summed E-state index contributed by atoms with van der Waals surface area (Å²) in [4.78, 5) is 25.3. The zero-order valence-corrected chi connectivity index (χ0v) is 20.0. The third-order valence-corrected chi connectivity index (χ3v) is 5.47. The Morgan fingerprint density at radius 1 is 1.11 bits per heavy atom. The number of rotatable bonds is 6. The molecule has 182 valence electrons. The van der Waals surface area contributed by atoms with E-state index in [1.807, 2.05) is 0 Å². The first-order valence-electron chi connectivity index (χ1n) is 10.4. The Morgan fingerprint density at radius 2 is 1.86 bits per heavy atom. The van der Waals surface area contributed by atoms with E-state index in [0.29, 0.717) is 28.8 Å². The predicted molar refractivity (Wildman–Crippen MR) is 123 cm³/mol. The summed E-state index contributed by atoms with van der Waals surface area (Å²) < 4.78 is 35.3. The van der Waals surface area contributed by atoms with Gasteiger partial charge in [-0.3, -0.25) is 14.3 Å². The summed E-state index contributed by atoms with van der Waals surface area (Å²) >= 11 is 6.31. The number of halogens is 3. The lowest BCUT2D eigenvalue weighted by Gasteiger charge is -2.16. The molecular weight excluding hydrogens is 482 g/mol. The van der Waals surface area contributed by atoms with E-state index >= 15 is 0 Å². The van der Waals surface area contributed by atoms with Gasteiger partial charge in [0, 0.05) is 30.1 Å². The maximum Gasteiger partial charge on any atom is 0.277 e. The molecule has 0 aliphatic rings. The average Bonchev–Trinajstić information content (AvgIpc) is 3.28. The molecule has 4 heterocycles. The molecule has 0 spiro atoms. The topological polar surface area (TPSA) is 108 Å². The second-order valence-electron chi connectivity index (χ2n) is 8.38. The van der Waals surface area contributed by atoms with E-state index in [0.717, 1.165) is 6.20 Å². The van der Waals surface area contributed by atoms with Gasteiger partial charge in [-0.25, -0.2) is 23.4 Å². The first-order chi connectivity index (χ1) is 16.5. The van der Waals surface area contributed by atoms with Crippen molar-refractivity contribution in [3.63, 3.8) is 0 Å². The molecule has 0 saturated heterocycles. The second kappa shape index (κ2) is 9.16. The maximum absolute atomic E-state index is 13.9. The predicted octanol–water partition coefficient (Wildman–Crippen LogP) is 3.56. The van der Waals surface area contributed by atoms with Crippen LogP contribution in [0.25, 0.3) is 11.5 Å². The van der Waals surface area contributed by atoms with Gasteiger partial charge in [0.2, 0.25) is 0 Å². The normalized spacial score (nSPS) is 11.7. The molecule has 0 amide bonds. The van der Waals surface area contributed by atoms with E-state index in [-0.39, 0.29) is 28.9 Å². The zero-order chi connectivity index (χ0) is 25.5. The van der Waals surface area contributed by atoms with E-state index in [1.54, 1.807) is 40.0 Å². The molecule has 1 N–H and O–H groups in total. The highest BCUT2D eigenvalue weighted by Gasteiger charge is 2.22. The molecule has 9 nitrogen and oxygen atoms in total. The van der Waals surface area contributed by atoms with Crippen molar-refractivity contribution in [1.82, 2.24) is 29.3 Å². The van der Waals surface area contributed by atoms with Crippen LogP contribution in [0.5, 0.6) is 5.75 Å². The van der Waals surface area contributed by atoms with Gasteiger partial charge in [-0.2, -0.15) is 0 Å². The number of pyridine rings is 3. The Morgan fingerprint density at radius 3 is 2.51 bits per heavy atom. The summed E-state index contributed by atoms with van der Waals surface area (Å²) in [5.74, 6) is -1.06. The minimum atomic E-state index is -1.23. The van der Waals surface area contributed by atoms with Crippen LogP contribution in [0, 0.1) is 25.5 Å². The third kappa shape index (κ3) is 4.91. The highest BCUT2D eigenvalue weighted by molar-refractivity contribution is 6.31. The Bertz CT molecular complexity index is 1480. The summed E-state index contributed by atoms with van der Waals surface area (Å²) in [5.41, 5.74) is -0.260. The van der Waals surface area contributed by atoms with E-state index in [1.165, 1.54) is 21.6 Å². The summed E-state index contributed by atoms with van der Waals surface area (Å²) in [6.07, 6.45) is 3.86. The highest BCUT2D eigenvalue weighted by atomic mass is 35.5. The molecule has 0 aliphatic heterocycles. The fourth-order valence-electron chi connectivity index (χ4n) is 3.30. The third-order valence-electron chi connectivity index (χ3n) is 5.12. The molecule has 0 aliphatic carbocycles. The smallest absolute Gasteiger partial charge is 0.277 e. The molecule has 4 rings (SSSR count). The van der Waals surface area contributed by atoms with Gasteiger partial charge in [-0.1, -0.05) is 11.6 Å². The first-order valence-corrected chi connectivity index (χ1v) is 10.8. The summed E-state index contributed by atoms with van der Waals surface area (Å²) in [6, 6.07) is 3.87. The molecule has 35 heavy (non-hydrogen) atoms. The average molecular weight is 503 g/mol. The lowest BCUT2D eigenvalue weighted by Crippen LogP contribution is -2.23. The van der Waals surface area contributed by atoms with Crippen LogP contribution in [0.4, 0.5) is 8.78 Å². The van der Waals surface area contributed by atoms with E-state index < -0.39 is 22.8 Å². The van der Waals surface area contributed by atoms with Crippen molar-refractivity contribution in [2.45, 2.75) is 39.9 Å². The molecule has 0 atom stereocenters. The van der Waals surface area contributed by atoms with Crippen molar-refractivity contribution in [1.29, 1.82) is 0 Å². The van der Waals surface area contributed by atoms with Crippen LogP contribution >= 0.6 is 11.6 Å². The lowest BCUT2D eigenvalue weighted by molar-refractivity contribution is 0.0688. The van der Waals surface area contributed by atoms with Crippen LogP contribution in [-0.2, 0) is 12.2 Å². The van der Waals surface area contributed by atoms with Crippen molar-refractivity contribution in [2.75, 3.05) is 0 Å². The van der Waals surface area contributed by atoms with Crippen LogP contribution in [0.1, 0.15) is 36.6 Å². The number of aliphatic hydroxyl groups is 1. The number of aromatic nitrogens is 6. The van der Waals surface area contributed by atoms with Crippen LogP contribution in [0.15, 0.2) is 41.7 Å². The zero-order valence-electron chi connectivity index (χ0n) is 19.3. The molecule has 12 heteroatoms. The Hall–Kier alpha value is -3.70. The van der Waals surface area contributed by atoms with E-state index in [2.05, 4.69) is 20.1 Å². The first kappa shape index (κ1) is 24.4. The van der Waals surface area contributed by atoms with Crippen LogP contribution in [-0.4, -0.2) is 34.4 Å². The molecule has 0 saturated carbocycles. The second-order valence-corrected chi connectivity index (χ2v) is 8.75. The number of ether oxygens (including phenoxy) is 1. The molecule has 0 radical (unpaired) electrons. The number of aryl methyl sites for hydroxylation is 2. The van der Waals surface area contributed by atoms with Gasteiger partial charge in [0.1, 0.15) is 40.8 Å². The molecule has 0 fully saturated rings. The number of hydrogen-bond acceptors (Lipinski definition) is 7. The molecule has 0 unspecified atom stereocenters. The summed E-state index contributed by atoms with van der Waals surface area (Å²) in [5, 5.41) is 14.2. The minimum absolute atomic E-state index is 0.0361. The molecule has 0 aromatic carbocycles. The van der Waals surface area contributed by atoms with Gasteiger partial charge in [-0.15, -0.1) is 5.10 Å². The monoisotopic (exact) mass is 502 g/mol. The molecule has 0 bridgehead atoms. The quantitative estimate of drug-likeness (QED) is 0.429. The van der Waals surface area contributed by atoms with Gasteiger partial charge in [-0.05, 0) is 33.3 Å². The Labute approximate surface area is 203 Å². The summed E-state index contributed by atoms with van der Waals surface area (Å²) in [6.45, 7) is 6.25. The number of nitrogens with zero attached hydrogens (tertiary/aromatic N) is 6. The minimum Gasteiger partial charge on any atom is -0.485 e. The van der Waals surface area contributed by atoms with Crippen molar-refractivity contribution in [2.24, 2.45) is 0 Å². The number of hydrogen-bond donors (Lipinski definition) is 1. The highest BCUT2D eigenvalue weighted by Crippen LogP contribution is 2.26. The summed E-state index contributed by atoms with van der Waals surface area (Å²) in [7, 11) is 0. The van der Waals surface area contributed by atoms with Crippen LogP contribution < -0.4 is 10.3 Å². The van der Waals surface area contributed by atoms with Gasteiger partial charge < -0.3 is 9.84 Å². The fourth-order valence-corrected chi connectivity index (χ4v) is 3.50. The van der Waals surface area contributed by atoms with Crippen LogP contribution in [0.2, 0.25) is 5.02 Å². The SMILES string of the molecule is Cc1cnc(-n2cnc(C(C)(C)O)n2)cc1-n1c(C)cc(OCc2ncc(F)cc2F)c(Cl)c1=O.